The van der Waals surface area contributed by atoms with E-state index in [9.17, 15) is 13.2 Å². The Morgan fingerprint density at radius 2 is 2.14 bits per heavy atom. The van der Waals surface area contributed by atoms with Gasteiger partial charge in [0, 0.05) is 13.3 Å². The van der Waals surface area contributed by atoms with Gasteiger partial charge in [-0.3, -0.25) is 14.8 Å². The third-order valence-electron chi connectivity index (χ3n) is 2.84. The standard InChI is InChI=1S/C12H11N5O3S2/c1-17-6-9(15-16-17)11(18)14-12-13-8-4-3-7(22(2,19)20)5-10(8)21-12/h3-6H,1-2H3,(H,13,14,18). The second kappa shape index (κ2) is 5.14. The molecule has 10 heteroatoms. The number of carbonyl (C=O) groups is 1. The van der Waals surface area contributed by atoms with Crippen LogP contribution >= 0.6 is 11.3 Å². The molecule has 1 aromatic carbocycles. The Kier molecular flexibility index (Phi) is 3.41. The first-order valence-corrected chi connectivity index (χ1v) is 8.82. The second-order valence-corrected chi connectivity index (χ2v) is 7.70. The van der Waals surface area contributed by atoms with E-state index in [2.05, 4.69) is 20.6 Å². The number of thiazole rings is 1. The lowest BCUT2D eigenvalue weighted by atomic mass is 10.3. The number of fused-ring (bicyclic) bond motifs is 1. The molecule has 0 saturated heterocycles. The van der Waals surface area contributed by atoms with Crippen molar-refractivity contribution in [2.45, 2.75) is 4.90 Å². The molecule has 0 spiro atoms. The van der Waals surface area contributed by atoms with Crippen LogP contribution in [-0.2, 0) is 16.9 Å². The van der Waals surface area contributed by atoms with E-state index in [0.29, 0.717) is 15.3 Å². The van der Waals surface area contributed by atoms with Gasteiger partial charge in [-0.25, -0.2) is 13.4 Å². The predicted molar refractivity (Wildman–Crippen MR) is 81.7 cm³/mol. The molecule has 0 saturated carbocycles. The third-order valence-corrected chi connectivity index (χ3v) is 4.89. The number of sulfone groups is 1. The van der Waals surface area contributed by atoms with Gasteiger partial charge >= 0.3 is 0 Å². The first-order valence-electron chi connectivity index (χ1n) is 6.11. The van der Waals surface area contributed by atoms with Crippen LogP contribution in [0.4, 0.5) is 5.13 Å². The lowest BCUT2D eigenvalue weighted by molar-refractivity contribution is 0.102. The minimum absolute atomic E-state index is 0.179. The molecule has 2 aromatic heterocycles. The average molecular weight is 337 g/mol. The van der Waals surface area contributed by atoms with E-state index in [4.69, 9.17) is 0 Å². The Morgan fingerprint density at radius 3 is 2.77 bits per heavy atom. The Bertz CT molecular complexity index is 974. The van der Waals surface area contributed by atoms with E-state index in [1.807, 2.05) is 0 Å². The number of benzene rings is 1. The molecule has 0 bridgehead atoms. The van der Waals surface area contributed by atoms with Crippen molar-refractivity contribution in [1.82, 2.24) is 20.0 Å². The number of carbonyl (C=O) groups excluding carboxylic acids is 1. The number of aryl methyl sites for hydroxylation is 1. The molecule has 0 aliphatic carbocycles. The van der Waals surface area contributed by atoms with Crippen molar-refractivity contribution in [2.24, 2.45) is 7.05 Å². The van der Waals surface area contributed by atoms with Gasteiger partial charge in [-0.15, -0.1) is 5.10 Å². The van der Waals surface area contributed by atoms with Crippen molar-refractivity contribution in [3.63, 3.8) is 0 Å². The summed E-state index contributed by atoms with van der Waals surface area (Å²) in [5, 5.41) is 10.4. The van der Waals surface area contributed by atoms with Gasteiger partial charge in [-0.2, -0.15) is 0 Å². The third kappa shape index (κ3) is 2.83. The molecule has 3 rings (SSSR count). The maximum atomic E-state index is 12.0. The van der Waals surface area contributed by atoms with Crippen LogP contribution in [0.15, 0.2) is 29.3 Å². The number of aromatic nitrogens is 4. The van der Waals surface area contributed by atoms with Crippen LogP contribution in [0.3, 0.4) is 0 Å². The van der Waals surface area contributed by atoms with Crippen molar-refractivity contribution in [2.75, 3.05) is 11.6 Å². The van der Waals surface area contributed by atoms with Crippen LogP contribution in [-0.4, -0.2) is 40.6 Å². The summed E-state index contributed by atoms with van der Waals surface area (Å²) in [6, 6.07) is 4.65. The monoisotopic (exact) mass is 337 g/mol. The molecule has 0 atom stereocenters. The van der Waals surface area contributed by atoms with Gasteiger partial charge in [0.2, 0.25) is 0 Å². The van der Waals surface area contributed by atoms with Gasteiger partial charge in [0.15, 0.2) is 20.7 Å². The molecule has 1 amide bonds. The van der Waals surface area contributed by atoms with E-state index in [1.165, 1.54) is 28.3 Å². The second-order valence-electron chi connectivity index (χ2n) is 4.65. The molecule has 0 radical (unpaired) electrons. The van der Waals surface area contributed by atoms with Crippen LogP contribution in [0.1, 0.15) is 10.5 Å². The number of anilines is 1. The highest BCUT2D eigenvalue weighted by Crippen LogP contribution is 2.28. The summed E-state index contributed by atoms with van der Waals surface area (Å²) < 4.78 is 25.2. The molecule has 0 aliphatic heterocycles. The van der Waals surface area contributed by atoms with E-state index >= 15 is 0 Å². The fourth-order valence-corrected chi connectivity index (χ4v) is 3.42. The van der Waals surface area contributed by atoms with Crippen molar-refractivity contribution >= 4 is 42.4 Å². The highest BCUT2D eigenvalue weighted by molar-refractivity contribution is 7.90. The largest absolute Gasteiger partial charge is 0.296 e. The average Bonchev–Trinajstić information content (AvgIpc) is 3.02. The smallest absolute Gasteiger partial charge is 0.279 e. The van der Waals surface area contributed by atoms with Gasteiger partial charge in [-0.05, 0) is 18.2 Å². The SMILES string of the molecule is Cn1cc(C(=O)Nc2nc3ccc(S(C)(=O)=O)cc3s2)nn1. The van der Waals surface area contributed by atoms with Crippen LogP contribution in [0.5, 0.6) is 0 Å². The van der Waals surface area contributed by atoms with Gasteiger partial charge < -0.3 is 0 Å². The van der Waals surface area contributed by atoms with E-state index in [-0.39, 0.29) is 10.6 Å². The number of nitrogens with zero attached hydrogens (tertiary/aromatic N) is 4. The molecule has 0 aliphatic rings. The summed E-state index contributed by atoms with van der Waals surface area (Å²) in [5.74, 6) is -0.421. The zero-order valence-electron chi connectivity index (χ0n) is 11.6. The summed E-state index contributed by atoms with van der Waals surface area (Å²) in [6.45, 7) is 0. The van der Waals surface area contributed by atoms with Crippen molar-refractivity contribution in [3.05, 3.63) is 30.1 Å². The Labute approximate surface area is 129 Å². The number of rotatable bonds is 3. The van der Waals surface area contributed by atoms with E-state index in [0.717, 1.165) is 6.26 Å². The lowest BCUT2D eigenvalue weighted by Gasteiger charge is -1.96. The summed E-state index contributed by atoms with van der Waals surface area (Å²) in [4.78, 5) is 16.4. The predicted octanol–water partition coefficient (Wildman–Crippen LogP) is 1.08. The molecule has 1 N–H and O–H groups in total. The number of hydrogen-bond acceptors (Lipinski definition) is 7. The lowest BCUT2D eigenvalue weighted by Crippen LogP contribution is -2.12. The highest BCUT2D eigenvalue weighted by Gasteiger charge is 2.14. The number of hydrogen-bond donors (Lipinski definition) is 1. The first-order chi connectivity index (χ1) is 10.3. The van der Waals surface area contributed by atoms with Crippen LogP contribution in [0, 0.1) is 0 Å². The maximum absolute atomic E-state index is 12.0. The van der Waals surface area contributed by atoms with Gasteiger partial charge in [0.1, 0.15) is 0 Å². The zero-order chi connectivity index (χ0) is 15.9. The number of nitrogens with one attached hydrogen (secondary N) is 1. The van der Waals surface area contributed by atoms with Gasteiger partial charge in [0.25, 0.3) is 5.91 Å². The van der Waals surface area contributed by atoms with Crippen LogP contribution < -0.4 is 5.32 Å². The molecule has 8 nitrogen and oxygen atoms in total. The van der Waals surface area contributed by atoms with Crippen molar-refractivity contribution in [3.8, 4) is 0 Å². The normalized spacial score (nSPS) is 11.7. The van der Waals surface area contributed by atoms with Gasteiger partial charge in [0.05, 0.1) is 21.3 Å². The molecule has 114 valence electrons. The Morgan fingerprint density at radius 1 is 1.36 bits per heavy atom. The summed E-state index contributed by atoms with van der Waals surface area (Å²) in [7, 11) is -1.62. The molecular weight excluding hydrogens is 326 g/mol. The van der Waals surface area contributed by atoms with E-state index < -0.39 is 15.7 Å². The van der Waals surface area contributed by atoms with E-state index in [1.54, 1.807) is 19.2 Å². The Balaban J connectivity index is 1.90. The molecule has 0 unspecified atom stereocenters. The molecular formula is C12H11N5O3S2. The summed E-state index contributed by atoms with van der Waals surface area (Å²) >= 11 is 1.19. The molecule has 2 heterocycles. The summed E-state index contributed by atoms with van der Waals surface area (Å²) in [5.41, 5.74) is 0.797. The fourth-order valence-electron chi connectivity index (χ4n) is 1.80. The zero-order valence-corrected chi connectivity index (χ0v) is 13.3. The molecule has 22 heavy (non-hydrogen) atoms. The fraction of sp³-hybridized carbons (Fsp3) is 0.167. The topological polar surface area (TPSA) is 107 Å². The van der Waals surface area contributed by atoms with Crippen LogP contribution in [0.2, 0.25) is 0 Å². The molecule has 3 aromatic rings. The van der Waals surface area contributed by atoms with Crippen molar-refractivity contribution < 1.29 is 13.2 Å². The maximum Gasteiger partial charge on any atom is 0.279 e. The number of amides is 1. The quantitative estimate of drug-likeness (QED) is 0.766. The highest BCUT2D eigenvalue weighted by atomic mass is 32.2. The van der Waals surface area contributed by atoms with Crippen LogP contribution in [0.25, 0.3) is 10.2 Å². The van der Waals surface area contributed by atoms with Crippen molar-refractivity contribution in [1.29, 1.82) is 0 Å². The minimum atomic E-state index is -3.28. The minimum Gasteiger partial charge on any atom is -0.296 e. The van der Waals surface area contributed by atoms with Gasteiger partial charge in [-0.1, -0.05) is 16.6 Å². The first kappa shape index (κ1) is 14.6. The Hall–Kier alpha value is -2.33. The summed E-state index contributed by atoms with van der Waals surface area (Å²) in [6.07, 6.45) is 2.64. The molecule has 0 fully saturated rings.